The average molecular weight is 333 g/mol. The lowest BCUT2D eigenvalue weighted by Gasteiger charge is -2.15. The van der Waals surface area contributed by atoms with Crippen molar-refractivity contribution in [2.45, 2.75) is 25.9 Å². The minimum Gasteiger partial charge on any atom is -0.486 e. The summed E-state index contributed by atoms with van der Waals surface area (Å²) in [5.74, 6) is 0.683. The van der Waals surface area contributed by atoms with E-state index in [1.165, 1.54) is 0 Å². The number of carbonyl (C=O) groups is 1. The predicted octanol–water partition coefficient (Wildman–Crippen LogP) is 3.81. The van der Waals surface area contributed by atoms with Gasteiger partial charge < -0.3 is 9.84 Å². The van der Waals surface area contributed by atoms with Crippen LogP contribution in [0.1, 0.15) is 34.9 Å². The van der Waals surface area contributed by atoms with Gasteiger partial charge in [0.1, 0.15) is 11.9 Å². The van der Waals surface area contributed by atoms with Crippen LogP contribution in [0.15, 0.2) is 36.4 Å². The van der Waals surface area contributed by atoms with Gasteiger partial charge in [0.25, 0.3) is 0 Å². The molecule has 0 aliphatic heterocycles. The van der Waals surface area contributed by atoms with E-state index < -0.39 is 6.09 Å². The van der Waals surface area contributed by atoms with Gasteiger partial charge in [-0.15, -0.1) is 0 Å². The van der Waals surface area contributed by atoms with Crippen molar-refractivity contribution in [3.63, 3.8) is 0 Å². The van der Waals surface area contributed by atoms with Crippen LogP contribution in [0.4, 0.5) is 4.79 Å². The van der Waals surface area contributed by atoms with Gasteiger partial charge in [-0.05, 0) is 61.2 Å². The third-order valence-corrected chi connectivity index (χ3v) is 4.59. The van der Waals surface area contributed by atoms with Crippen LogP contribution in [-0.2, 0) is 6.42 Å². The number of nitrogens with zero attached hydrogens (tertiary/aromatic N) is 3. The molecule has 0 bridgehead atoms. The van der Waals surface area contributed by atoms with Crippen molar-refractivity contribution in [1.29, 1.82) is 5.26 Å². The molecule has 1 aliphatic carbocycles. The van der Waals surface area contributed by atoms with E-state index in [0.717, 1.165) is 34.0 Å². The van der Waals surface area contributed by atoms with Crippen molar-refractivity contribution in [1.82, 2.24) is 9.78 Å². The fourth-order valence-electron chi connectivity index (χ4n) is 3.40. The number of rotatable bonds is 2. The molecule has 0 saturated carbocycles. The zero-order valence-electron chi connectivity index (χ0n) is 13.6. The van der Waals surface area contributed by atoms with Crippen molar-refractivity contribution in [2.75, 3.05) is 0 Å². The topological polar surface area (TPSA) is 88.1 Å². The number of fused-ring (bicyclic) bond motifs is 2. The Bertz CT molecular complexity index is 1050. The minimum absolute atomic E-state index is 0.0602. The van der Waals surface area contributed by atoms with Gasteiger partial charge in [-0.3, -0.25) is 0 Å². The van der Waals surface area contributed by atoms with E-state index in [9.17, 15) is 9.90 Å². The summed E-state index contributed by atoms with van der Waals surface area (Å²) < 4.78 is 7.12. The van der Waals surface area contributed by atoms with Crippen LogP contribution in [0.5, 0.6) is 5.75 Å². The summed E-state index contributed by atoms with van der Waals surface area (Å²) in [6.45, 7) is 1.78. The van der Waals surface area contributed by atoms with Gasteiger partial charge in [0.2, 0.25) is 0 Å². The maximum Gasteiger partial charge on any atom is 0.432 e. The Balaban J connectivity index is 1.66. The van der Waals surface area contributed by atoms with Gasteiger partial charge >= 0.3 is 6.09 Å². The largest absolute Gasteiger partial charge is 0.486 e. The molecule has 1 aliphatic rings. The van der Waals surface area contributed by atoms with Crippen LogP contribution < -0.4 is 4.74 Å². The third kappa shape index (κ3) is 2.50. The van der Waals surface area contributed by atoms with Crippen molar-refractivity contribution in [2.24, 2.45) is 0 Å². The minimum atomic E-state index is -1.11. The summed E-state index contributed by atoms with van der Waals surface area (Å²) >= 11 is 0. The smallest absolute Gasteiger partial charge is 0.432 e. The van der Waals surface area contributed by atoms with E-state index in [2.05, 4.69) is 11.2 Å². The van der Waals surface area contributed by atoms with E-state index in [4.69, 9.17) is 10.00 Å². The highest BCUT2D eigenvalue weighted by atomic mass is 16.5. The first kappa shape index (κ1) is 15.2. The summed E-state index contributed by atoms with van der Waals surface area (Å²) in [6, 6.07) is 13.2. The fourth-order valence-corrected chi connectivity index (χ4v) is 3.40. The molecule has 0 saturated heterocycles. The molecule has 0 radical (unpaired) electrons. The second-order valence-corrected chi connectivity index (χ2v) is 6.13. The lowest BCUT2D eigenvalue weighted by Crippen LogP contribution is -2.09. The molecular formula is C19H15N3O3. The normalized spacial score (nSPS) is 15.8. The molecule has 124 valence electrons. The third-order valence-electron chi connectivity index (χ3n) is 4.59. The summed E-state index contributed by atoms with van der Waals surface area (Å²) in [7, 11) is 0. The molecule has 4 rings (SSSR count). The molecule has 6 nitrogen and oxygen atoms in total. The zero-order valence-corrected chi connectivity index (χ0v) is 13.6. The van der Waals surface area contributed by atoms with E-state index in [1.54, 1.807) is 19.1 Å². The molecule has 2 aromatic carbocycles. The molecule has 0 fully saturated rings. The Morgan fingerprint density at radius 3 is 2.96 bits per heavy atom. The fraction of sp³-hybridized carbons (Fsp3) is 0.211. The predicted molar refractivity (Wildman–Crippen MR) is 90.7 cm³/mol. The molecule has 0 amide bonds. The van der Waals surface area contributed by atoms with Crippen LogP contribution in [-0.4, -0.2) is 21.0 Å². The first-order valence-electron chi connectivity index (χ1n) is 7.99. The molecule has 1 atom stereocenters. The first-order chi connectivity index (χ1) is 12.1. The van der Waals surface area contributed by atoms with E-state index >= 15 is 0 Å². The Morgan fingerprint density at radius 1 is 1.36 bits per heavy atom. The maximum atomic E-state index is 11.2. The lowest BCUT2D eigenvalue weighted by atomic mass is 10.1. The summed E-state index contributed by atoms with van der Waals surface area (Å²) in [6.07, 6.45) is 0.573. The Kier molecular flexibility index (Phi) is 3.43. The Morgan fingerprint density at radius 2 is 2.20 bits per heavy atom. The highest BCUT2D eigenvalue weighted by molar-refractivity contribution is 5.89. The molecule has 0 spiro atoms. The second kappa shape index (κ2) is 5.64. The first-order valence-corrected chi connectivity index (χ1v) is 7.99. The van der Waals surface area contributed by atoms with Gasteiger partial charge in [0.05, 0.1) is 22.8 Å². The van der Waals surface area contributed by atoms with Crippen molar-refractivity contribution >= 4 is 17.0 Å². The van der Waals surface area contributed by atoms with Gasteiger partial charge in [-0.2, -0.15) is 15.0 Å². The summed E-state index contributed by atoms with van der Waals surface area (Å²) in [5.41, 5.74) is 4.12. The molecular weight excluding hydrogens is 318 g/mol. The molecule has 3 aromatic rings. The SMILES string of the molecule is Cc1nn(C(=O)O)c2ccc(OC3CCc4cc(C#N)ccc43)cc12. The Hall–Kier alpha value is -3.33. The number of hydrogen-bond acceptors (Lipinski definition) is 4. The monoisotopic (exact) mass is 333 g/mol. The van der Waals surface area contributed by atoms with E-state index in [-0.39, 0.29) is 6.10 Å². The van der Waals surface area contributed by atoms with Crippen molar-refractivity contribution < 1.29 is 14.6 Å². The molecule has 1 aromatic heterocycles. The highest BCUT2D eigenvalue weighted by Gasteiger charge is 2.24. The average Bonchev–Trinajstić information content (AvgIpc) is 3.16. The molecule has 6 heteroatoms. The summed E-state index contributed by atoms with van der Waals surface area (Å²) in [4.78, 5) is 11.2. The highest BCUT2D eigenvalue weighted by Crippen LogP contribution is 2.36. The number of benzene rings is 2. The zero-order chi connectivity index (χ0) is 17.6. The molecule has 1 N–H and O–H groups in total. The van der Waals surface area contributed by atoms with Crippen LogP contribution in [0, 0.1) is 18.3 Å². The second-order valence-electron chi connectivity index (χ2n) is 6.13. The van der Waals surface area contributed by atoms with E-state index in [0.29, 0.717) is 22.5 Å². The van der Waals surface area contributed by atoms with Gasteiger partial charge in [0, 0.05) is 5.39 Å². The van der Waals surface area contributed by atoms with E-state index in [1.807, 2.05) is 24.3 Å². The summed E-state index contributed by atoms with van der Waals surface area (Å²) in [5, 5.41) is 23.0. The lowest BCUT2D eigenvalue weighted by molar-refractivity contribution is 0.193. The maximum absolute atomic E-state index is 11.2. The van der Waals surface area contributed by atoms with Crippen molar-refractivity contribution in [3.05, 3.63) is 58.8 Å². The van der Waals surface area contributed by atoms with Gasteiger partial charge in [0.15, 0.2) is 0 Å². The van der Waals surface area contributed by atoms with Crippen LogP contribution in [0.3, 0.4) is 0 Å². The molecule has 25 heavy (non-hydrogen) atoms. The Labute approximate surface area is 143 Å². The molecule has 1 heterocycles. The van der Waals surface area contributed by atoms with Crippen LogP contribution in [0.25, 0.3) is 10.9 Å². The number of nitriles is 1. The standard InChI is InChI=1S/C19H15N3O3/c1-11-16-9-14(4-6-17(16)22(21-11)19(23)24)25-18-7-3-13-8-12(10-20)2-5-15(13)18/h2,4-6,8-9,18H,3,7H2,1H3,(H,23,24). The van der Waals surface area contributed by atoms with Crippen LogP contribution in [0.2, 0.25) is 0 Å². The number of ether oxygens (including phenoxy) is 1. The quantitative estimate of drug-likeness (QED) is 0.770. The number of aromatic nitrogens is 2. The number of hydrogen-bond donors (Lipinski definition) is 1. The van der Waals surface area contributed by atoms with Gasteiger partial charge in [-0.25, -0.2) is 4.79 Å². The molecule has 1 unspecified atom stereocenters. The van der Waals surface area contributed by atoms with Gasteiger partial charge in [-0.1, -0.05) is 6.07 Å². The number of aryl methyl sites for hydroxylation is 2. The van der Waals surface area contributed by atoms with Crippen LogP contribution >= 0.6 is 0 Å². The number of carboxylic acid groups (broad SMARTS) is 1. The van der Waals surface area contributed by atoms with Crippen molar-refractivity contribution in [3.8, 4) is 11.8 Å².